The zero-order valence-corrected chi connectivity index (χ0v) is 20.5. The van der Waals surface area contributed by atoms with Gasteiger partial charge in [0.2, 0.25) is 0 Å². The van der Waals surface area contributed by atoms with E-state index in [0.29, 0.717) is 13.1 Å². The number of carbonyl (C=O) groups is 1. The van der Waals surface area contributed by atoms with E-state index >= 15 is 0 Å². The number of nitrogens with zero attached hydrogens (tertiary/aromatic N) is 4. The van der Waals surface area contributed by atoms with E-state index < -0.39 is 0 Å². The van der Waals surface area contributed by atoms with E-state index in [1.807, 2.05) is 55.1 Å². The van der Waals surface area contributed by atoms with Crippen LogP contribution in [0, 0.1) is 20.8 Å². The molecule has 1 aliphatic rings. The summed E-state index contributed by atoms with van der Waals surface area (Å²) in [5, 5.41) is 3.07. The molecule has 1 N–H and O–H groups in total. The van der Waals surface area contributed by atoms with Crippen molar-refractivity contribution in [2.45, 2.75) is 33.6 Å². The van der Waals surface area contributed by atoms with Crippen LogP contribution in [0.25, 0.3) is 0 Å². The Labute approximate surface area is 201 Å². The molecule has 1 aliphatic heterocycles. The second kappa shape index (κ2) is 10.5. The summed E-state index contributed by atoms with van der Waals surface area (Å²) in [6.07, 6.45) is 1.63. The summed E-state index contributed by atoms with van der Waals surface area (Å²) in [6, 6.07) is 15.9. The number of hydrogen-bond donors (Lipinski definition) is 1. The van der Waals surface area contributed by atoms with Crippen LogP contribution >= 0.6 is 0 Å². The number of methoxy groups -OCH3 is 1. The molecule has 4 rings (SSSR count). The number of para-hydroxylation sites is 1. The minimum atomic E-state index is -0.0512. The molecule has 7 nitrogen and oxygen atoms in total. The Kier molecular flexibility index (Phi) is 7.30. The van der Waals surface area contributed by atoms with Gasteiger partial charge in [0.05, 0.1) is 7.11 Å². The van der Waals surface area contributed by atoms with Crippen LogP contribution in [0.1, 0.15) is 34.6 Å². The predicted octanol–water partition coefficient (Wildman–Crippen LogP) is 4.75. The highest BCUT2D eigenvalue weighted by molar-refractivity contribution is 5.90. The molecule has 0 spiro atoms. The molecule has 3 aromatic rings. The van der Waals surface area contributed by atoms with Crippen molar-refractivity contribution in [2.75, 3.05) is 43.5 Å². The van der Waals surface area contributed by atoms with Gasteiger partial charge in [-0.1, -0.05) is 30.3 Å². The number of carbonyl (C=O) groups excluding carboxylic acids is 1. The van der Waals surface area contributed by atoms with Crippen molar-refractivity contribution in [3.63, 3.8) is 0 Å². The molecule has 0 aliphatic carbocycles. The van der Waals surface area contributed by atoms with Crippen LogP contribution in [0.15, 0.2) is 48.5 Å². The first-order valence-electron chi connectivity index (χ1n) is 11.8. The van der Waals surface area contributed by atoms with Crippen LogP contribution in [0.3, 0.4) is 0 Å². The third-order valence-corrected chi connectivity index (χ3v) is 6.31. The molecule has 178 valence electrons. The van der Waals surface area contributed by atoms with Crippen molar-refractivity contribution < 1.29 is 9.53 Å². The normalized spacial score (nSPS) is 14.0. The van der Waals surface area contributed by atoms with Gasteiger partial charge < -0.3 is 19.9 Å². The van der Waals surface area contributed by atoms with Gasteiger partial charge in [0, 0.05) is 49.5 Å². The molecule has 7 heteroatoms. The number of amides is 2. The molecule has 2 aromatic carbocycles. The molecule has 0 saturated carbocycles. The van der Waals surface area contributed by atoms with Gasteiger partial charge in [-0.2, -0.15) is 0 Å². The van der Waals surface area contributed by atoms with Crippen LogP contribution in [-0.4, -0.2) is 54.2 Å². The second-order valence-electron chi connectivity index (χ2n) is 8.76. The van der Waals surface area contributed by atoms with E-state index in [4.69, 9.17) is 9.72 Å². The molecule has 34 heavy (non-hydrogen) atoms. The Hall–Kier alpha value is -3.61. The monoisotopic (exact) mass is 459 g/mol. The fourth-order valence-electron chi connectivity index (χ4n) is 4.37. The summed E-state index contributed by atoms with van der Waals surface area (Å²) in [5.41, 5.74) is 5.23. The average molecular weight is 460 g/mol. The lowest BCUT2D eigenvalue weighted by Gasteiger charge is -2.26. The number of hydrogen-bond acceptors (Lipinski definition) is 5. The summed E-state index contributed by atoms with van der Waals surface area (Å²) in [5.74, 6) is 2.59. The van der Waals surface area contributed by atoms with Crippen LogP contribution in [0.2, 0.25) is 0 Å². The highest BCUT2D eigenvalue weighted by Gasteiger charge is 2.23. The Morgan fingerprint density at radius 2 is 1.74 bits per heavy atom. The third-order valence-electron chi connectivity index (χ3n) is 6.31. The van der Waals surface area contributed by atoms with Gasteiger partial charge in [0.25, 0.3) is 0 Å². The number of aryl methyl sites for hydroxylation is 3. The number of benzene rings is 2. The molecule has 2 amide bonds. The quantitative estimate of drug-likeness (QED) is 0.596. The molecule has 0 atom stereocenters. The topological polar surface area (TPSA) is 70.6 Å². The average Bonchev–Trinajstić information content (AvgIpc) is 3.09. The van der Waals surface area contributed by atoms with E-state index in [0.717, 1.165) is 65.8 Å². The number of rotatable bonds is 5. The standard InChI is InChI=1S/C27H33N5O2/c1-19-8-5-6-9-25(19)30-27(33)32-15-7-14-31(16-17-32)26-24(20(2)28-21(3)29-26)18-22-10-12-23(34-4)13-11-22/h5-6,8-13H,7,14-18H2,1-4H3,(H,30,33). The molecule has 1 saturated heterocycles. The lowest BCUT2D eigenvalue weighted by atomic mass is 10.0. The number of urea groups is 1. The highest BCUT2D eigenvalue weighted by atomic mass is 16.5. The van der Waals surface area contributed by atoms with Crippen molar-refractivity contribution in [2.24, 2.45) is 0 Å². The largest absolute Gasteiger partial charge is 0.497 e. The number of anilines is 2. The Balaban J connectivity index is 1.50. The maximum atomic E-state index is 12.9. The molecule has 0 radical (unpaired) electrons. The Bertz CT molecular complexity index is 1150. The molecular formula is C27H33N5O2. The minimum Gasteiger partial charge on any atom is -0.497 e. The number of nitrogens with one attached hydrogen (secondary N) is 1. The smallest absolute Gasteiger partial charge is 0.321 e. The van der Waals surface area contributed by atoms with Gasteiger partial charge in [-0.05, 0) is 56.5 Å². The number of ether oxygens (including phenoxy) is 1. The lowest BCUT2D eigenvalue weighted by molar-refractivity contribution is 0.215. The predicted molar refractivity (Wildman–Crippen MR) is 136 cm³/mol. The Morgan fingerprint density at radius 3 is 2.47 bits per heavy atom. The van der Waals surface area contributed by atoms with Gasteiger partial charge in [0.1, 0.15) is 17.4 Å². The summed E-state index contributed by atoms with van der Waals surface area (Å²) in [6.45, 7) is 8.92. The van der Waals surface area contributed by atoms with Crippen molar-refractivity contribution in [3.8, 4) is 5.75 Å². The van der Waals surface area contributed by atoms with E-state index in [-0.39, 0.29) is 6.03 Å². The van der Waals surface area contributed by atoms with Gasteiger partial charge >= 0.3 is 6.03 Å². The zero-order valence-electron chi connectivity index (χ0n) is 20.5. The SMILES string of the molecule is COc1ccc(Cc2c(C)nc(C)nc2N2CCCN(C(=O)Nc3ccccc3C)CC2)cc1. The maximum Gasteiger partial charge on any atom is 0.321 e. The summed E-state index contributed by atoms with van der Waals surface area (Å²) >= 11 is 0. The van der Waals surface area contributed by atoms with Gasteiger partial charge in [-0.25, -0.2) is 14.8 Å². The minimum absolute atomic E-state index is 0.0512. The zero-order chi connectivity index (χ0) is 24.1. The van der Waals surface area contributed by atoms with E-state index in [1.165, 1.54) is 5.56 Å². The molecular weight excluding hydrogens is 426 g/mol. The molecule has 1 fully saturated rings. The molecule has 0 bridgehead atoms. The first kappa shape index (κ1) is 23.5. The fourth-order valence-corrected chi connectivity index (χ4v) is 4.37. The summed E-state index contributed by atoms with van der Waals surface area (Å²) in [4.78, 5) is 26.6. The van der Waals surface area contributed by atoms with Crippen molar-refractivity contribution in [3.05, 3.63) is 76.7 Å². The van der Waals surface area contributed by atoms with Crippen molar-refractivity contribution >= 4 is 17.5 Å². The van der Waals surface area contributed by atoms with E-state index in [1.54, 1.807) is 7.11 Å². The Morgan fingerprint density at radius 1 is 0.971 bits per heavy atom. The first-order chi connectivity index (χ1) is 16.4. The molecule has 1 aromatic heterocycles. The van der Waals surface area contributed by atoms with Crippen LogP contribution in [0.4, 0.5) is 16.3 Å². The van der Waals surface area contributed by atoms with Gasteiger partial charge in [0.15, 0.2) is 0 Å². The van der Waals surface area contributed by atoms with Crippen LogP contribution in [-0.2, 0) is 6.42 Å². The van der Waals surface area contributed by atoms with Gasteiger partial charge in [-0.15, -0.1) is 0 Å². The first-order valence-corrected chi connectivity index (χ1v) is 11.8. The van der Waals surface area contributed by atoms with Crippen molar-refractivity contribution in [1.29, 1.82) is 0 Å². The third kappa shape index (κ3) is 5.47. The van der Waals surface area contributed by atoms with E-state index in [9.17, 15) is 4.79 Å². The second-order valence-corrected chi connectivity index (χ2v) is 8.76. The van der Waals surface area contributed by atoms with E-state index in [2.05, 4.69) is 34.3 Å². The lowest BCUT2D eigenvalue weighted by Crippen LogP contribution is -2.38. The fraction of sp³-hybridized carbons (Fsp3) is 0.370. The summed E-state index contributed by atoms with van der Waals surface area (Å²) in [7, 11) is 1.68. The highest BCUT2D eigenvalue weighted by Crippen LogP contribution is 2.26. The maximum absolute atomic E-state index is 12.9. The molecule has 0 unspecified atom stereocenters. The van der Waals surface area contributed by atoms with Gasteiger partial charge in [-0.3, -0.25) is 0 Å². The molecule has 2 heterocycles. The van der Waals surface area contributed by atoms with Crippen LogP contribution < -0.4 is 15.0 Å². The number of aromatic nitrogens is 2. The van der Waals surface area contributed by atoms with Crippen LogP contribution in [0.5, 0.6) is 5.75 Å². The summed E-state index contributed by atoms with van der Waals surface area (Å²) < 4.78 is 5.29. The van der Waals surface area contributed by atoms with Crippen molar-refractivity contribution in [1.82, 2.24) is 14.9 Å².